The Morgan fingerprint density at radius 3 is 2.78 bits per heavy atom. The van der Waals surface area contributed by atoms with E-state index >= 15 is 0 Å². The lowest BCUT2D eigenvalue weighted by Gasteiger charge is -2.05. The van der Waals surface area contributed by atoms with Crippen molar-refractivity contribution >= 4 is 5.97 Å². The zero-order chi connectivity index (χ0) is 13.0. The average molecular weight is 245 g/mol. The summed E-state index contributed by atoms with van der Waals surface area (Å²) in [6, 6.07) is 11.6. The summed E-state index contributed by atoms with van der Waals surface area (Å²) in [5.41, 5.74) is 1.78. The summed E-state index contributed by atoms with van der Waals surface area (Å²) in [6.07, 6.45) is 0.493. The van der Waals surface area contributed by atoms with Gasteiger partial charge in [0.2, 0.25) is 0 Å². The van der Waals surface area contributed by atoms with E-state index in [1.54, 1.807) is 6.92 Å². The van der Waals surface area contributed by atoms with Gasteiger partial charge in [-0.25, -0.2) is 0 Å². The van der Waals surface area contributed by atoms with Crippen molar-refractivity contribution in [3.63, 3.8) is 0 Å². The van der Waals surface area contributed by atoms with Crippen LogP contribution in [0.25, 0.3) is 11.3 Å². The number of hydrogen-bond donors (Lipinski definition) is 0. The highest BCUT2D eigenvalue weighted by molar-refractivity contribution is 5.72. The first kappa shape index (κ1) is 12.4. The first-order chi connectivity index (χ1) is 8.70. The standard InChI is InChI=1S/C14H15NO3/c1-10(14(16)17-2)8-12-9-13(15-18-12)11-6-4-3-5-7-11/h3-7,9-10H,8H2,1-2H3. The van der Waals surface area contributed by atoms with Crippen LogP contribution in [0.5, 0.6) is 0 Å². The molecule has 0 saturated carbocycles. The van der Waals surface area contributed by atoms with E-state index in [9.17, 15) is 4.79 Å². The van der Waals surface area contributed by atoms with Crippen molar-refractivity contribution in [3.8, 4) is 11.3 Å². The first-order valence-electron chi connectivity index (χ1n) is 5.79. The molecule has 94 valence electrons. The lowest BCUT2D eigenvalue weighted by atomic mass is 10.1. The number of carbonyl (C=O) groups is 1. The molecule has 0 fully saturated rings. The molecule has 1 aromatic carbocycles. The topological polar surface area (TPSA) is 52.3 Å². The molecule has 1 atom stereocenters. The van der Waals surface area contributed by atoms with E-state index in [0.29, 0.717) is 12.2 Å². The fourth-order valence-electron chi connectivity index (χ4n) is 1.74. The van der Waals surface area contributed by atoms with Crippen LogP contribution in [0.3, 0.4) is 0 Å². The SMILES string of the molecule is COC(=O)C(C)Cc1cc(-c2ccccc2)no1. The Labute approximate surface area is 106 Å². The molecule has 1 heterocycles. The number of methoxy groups -OCH3 is 1. The van der Waals surface area contributed by atoms with Crippen molar-refractivity contribution in [2.75, 3.05) is 7.11 Å². The summed E-state index contributed by atoms with van der Waals surface area (Å²) in [4.78, 5) is 11.3. The number of hydrogen-bond acceptors (Lipinski definition) is 4. The minimum absolute atomic E-state index is 0.230. The van der Waals surface area contributed by atoms with E-state index < -0.39 is 0 Å². The lowest BCUT2D eigenvalue weighted by molar-refractivity contribution is -0.144. The number of aromatic nitrogens is 1. The van der Waals surface area contributed by atoms with Crippen LogP contribution in [0.1, 0.15) is 12.7 Å². The Morgan fingerprint density at radius 2 is 2.11 bits per heavy atom. The molecule has 0 aliphatic heterocycles. The minimum Gasteiger partial charge on any atom is -0.469 e. The molecule has 0 aliphatic rings. The number of carbonyl (C=O) groups excluding carboxylic acids is 1. The maximum Gasteiger partial charge on any atom is 0.308 e. The summed E-state index contributed by atoms with van der Waals surface area (Å²) in [5.74, 6) is 0.214. The molecule has 4 heteroatoms. The highest BCUT2D eigenvalue weighted by Crippen LogP contribution is 2.20. The first-order valence-corrected chi connectivity index (χ1v) is 5.79. The van der Waals surface area contributed by atoms with Gasteiger partial charge in [0.05, 0.1) is 13.0 Å². The van der Waals surface area contributed by atoms with Gasteiger partial charge in [-0.05, 0) is 0 Å². The summed E-state index contributed by atoms with van der Waals surface area (Å²) in [6.45, 7) is 1.80. The van der Waals surface area contributed by atoms with Crippen LogP contribution in [0.15, 0.2) is 40.9 Å². The average Bonchev–Trinajstić information content (AvgIpc) is 2.87. The normalized spacial score (nSPS) is 12.1. The van der Waals surface area contributed by atoms with E-state index in [-0.39, 0.29) is 11.9 Å². The van der Waals surface area contributed by atoms with Gasteiger partial charge in [0, 0.05) is 18.1 Å². The van der Waals surface area contributed by atoms with Crippen molar-refractivity contribution < 1.29 is 14.1 Å². The second kappa shape index (κ2) is 5.49. The van der Waals surface area contributed by atoms with Crippen molar-refractivity contribution in [1.29, 1.82) is 0 Å². The van der Waals surface area contributed by atoms with Crippen molar-refractivity contribution in [1.82, 2.24) is 5.16 Å². The monoisotopic (exact) mass is 245 g/mol. The maximum atomic E-state index is 11.3. The van der Waals surface area contributed by atoms with E-state index in [2.05, 4.69) is 9.89 Å². The van der Waals surface area contributed by atoms with E-state index in [4.69, 9.17) is 4.52 Å². The molecule has 18 heavy (non-hydrogen) atoms. The van der Waals surface area contributed by atoms with Crippen LogP contribution in [0.4, 0.5) is 0 Å². The molecule has 0 saturated heterocycles. The van der Waals surface area contributed by atoms with Crippen LogP contribution < -0.4 is 0 Å². The van der Waals surface area contributed by atoms with Crippen LogP contribution in [0.2, 0.25) is 0 Å². The Kier molecular flexibility index (Phi) is 3.77. The Bertz CT molecular complexity index is 519. The van der Waals surface area contributed by atoms with Crippen LogP contribution >= 0.6 is 0 Å². The van der Waals surface area contributed by atoms with Gasteiger partial charge in [-0.3, -0.25) is 4.79 Å². The van der Waals surface area contributed by atoms with Crippen molar-refractivity contribution in [2.24, 2.45) is 5.92 Å². The third-order valence-corrected chi connectivity index (χ3v) is 2.74. The van der Waals surface area contributed by atoms with Crippen LogP contribution in [-0.2, 0) is 16.0 Å². The summed E-state index contributed by atoms with van der Waals surface area (Å²) in [5, 5.41) is 4.00. The van der Waals surface area contributed by atoms with Gasteiger partial charge < -0.3 is 9.26 Å². The van der Waals surface area contributed by atoms with Crippen molar-refractivity contribution in [2.45, 2.75) is 13.3 Å². The van der Waals surface area contributed by atoms with E-state index in [1.807, 2.05) is 36.4 Å². The number of esters is 1. The molecule has 1 aromatic heterocycles. The van der Waals surface area contributed by atoms with Gasteiger partial charge >= 0.3 is 5.97 Å². The van der Waals surface area contributed by atoms with E-state index in [0.717, 1.165) is 11.3 Å². The predicted molar refractivity (Wildman–Crippen MR) is 66.8 cm³/mol. The Hall–Kier alpha value is -2.10. The van der Waals surface area contributed by atoms with E-state index in [1.165, 1.54) is 7.11 Å². The van der Waals surface area contributed by atoms with Gasteiger partial charge in [-0.2, -0.15) is 0 Å². The third-order valence-electron chi connectivity index (χ3n) is 2.74. The van der Waals surface area contributed by atoms with Crippen LogP contribution in [-0.4, -0.2) is 18.2 Å². The third kappa shape index (κ3) is 2.77. The second-order valence-corrected chi connectivity index (χ2v) is 4.17. The molecule has 0 radical (unpaired) electrons. The summed E-state index contributed by atoms with van der Waals surface area (Å²) in [7, 11) is 1.38. The molecule has 2 aromatic rings. The highest BCUT2D eigenvalue weighted by Gasteiger charge is 2.16. The second-order valence-electron chi connectivity index (χ2n) is 4.17. The van der Waals surface area contributed by atoms with Crippen LogP contribution in [0, 0.1) is 5.92 Å². The molecule has 2 rings (SSSR count). The molecule has 1 unspecified atom stereocenters. The zero-order valence-electron chi connectivity index (χ0n) is 10.4. The predicted octanol–water partition coefficient (Wildman–Crippen LogP) is 2.69. The maximum absolute atomic E-state index is 11.3. The molecular weight excluding hydrogens is 230 g/mol. The van der Waals surface area contributed by atoms with Crippen molar-refractivity contribution in [3.05, 3.63) is 42.2 Å². The van der Waals surface area contributed by atoms with Gasteiger partial charge in [-0.15, -0.1) is 0 Å². The lowest BCUT2D eigenvalue weighted by Crippen LogP contribution is -2.14. The highest BCUT2D eigenvalue weighted by atomic mass is 16.5. The zero-order valence-corrected chi connectivity index (χ0v) is 10.4. The number of nitrogens with zero attached hydrogens (tertiary/aromatic N) is 1. The molecular formula is C14H15NO3. The number of benzene rings is 1. The van der Waals surface area contributed by atoms with Gasteiger partial charge in [0.25, 0.3) is 0 Å². The molecule has 0 aliphatic carbocycles. The largest absolute Gasteiger partial charge is 0.469 e. The number of rotatable bonds is 4. The van der Waals surface area contributed by atoms with Gasteiger partial charge in [-0.1, -0.05) is 42.4 Å². The fraction of sp³-hybridized carbons (Fsp3) is 0.286. The Morgan fingerprint density at radius 1 is 1.39 bits per heavy atom. The molecule has 0 N–H and O–H groups in total. The van der Waals surface area contributed by atoms with Gasteiger partial charge in [0.1, 0.15) is 11.5 Å². The summed E-state index contributed by atoms with van der Waals surface area (Å²) >= 11 is 0. The minimum atomic E-state index is -0.243. The molecule has 0 bridgehead atoms. The number of ether oxygens (including phenoxy) is 1. The van der Waals surface area contributed by atoms with Gasteiger partial charge in [0.15, 0.2) is 0 Å². The smallest absolute Gasteiger partial charge is 0.308 e. The molecule has 4 nitrogen and oxygen atoms in total. The molecule has 0 spiro atoms. The quantitative estimate of drug-likeness (QED) is 0.777. The fourth-order valence-corrected chi connectivity index (χ4v) is 1.74. The summed E-state index contributed by atoms with van der Waals surface area (Å²) < 4.78 is 9.90. The Balaban J connectivity index is 2.09. The molecule has 0 amide bonds.